The van der Waals surface area contributed by atoms with Crippen LogP contribution in [0.5, 0.6) is 5.75 Å². The molecule has 0 unspecified atom stereocenters. The maximum atomic E-state index is 12.9. The zero-order valence-electron chi connectivity index (χ0n) is 12.9. The Hall–Kier alpha value is -1.99. The van der Waals surface area contributed by atoms with Gasteiger partial charge in [0.15, 0.2) is 0 Å². The first-order valence-electron chi connectivity index (χ1n) is 7.51. The third-order valence-electron chi connectivity index (χ3n) is 4.06. The summed E-state index contributed by atoms with van der Waals surface area (Å²) in [7, 11) is -2.01. The quantitative estimate of drug-likeness (QED) is 0.856. The van der Waals surface area contributed by atoms with Gasteiger partial charge in [-0.2, -0.15) is 4.31 Å². The maximum Gasteiger partial charge on any atom is 0.243 e. The lowest BCUT2D eigenvalue weighted by Gasteiger charge is -2.31. The standard InChI is InChI=1S/C16H19N3O3S/c1-22-14-5-2-6-15(10-14)23(20,21)19-9-3-4-13(12-19)16-11-17-7-8-18-16/h2,5-8,10-11,13H,3-4,9,12H2,1H3/t13-/m1/s1. The number of hydrogen-bond acceptors (Lipinski definition) is 5. The zero-order valence-corrected chi connectivity index (χ0v) is 13.7. The summed E-state index contributed by atoms with van der Waals surface area (Å²) in [6, 6.07) is 6.58. The van der Waals surface area contributed by atoms with Crippen molar-refractivity contribution in [1.82, 2.24) is 14.3 Å². The molecule has 1 aromatic carbocycles. The lowest BCUT2D eigenvalue weighted by atomic mass is 9.96. The van der Waals surface area contributed by atoms with Gasteiger partial charge in [-0.3, -0.25) is 9.97 Å². The highest BCUT2D eigenvalue weighted by Crippen LogP contribution is 2.29. The number of benzene rings is 1. The second-order valence-electron chi connectivity index (χ2n) is 5.51. The number of methoxy groups -OCH3 is 1. The molecule has 0 spiro atoms. The van der Waals surface area contributed by atoms with Crippen LogP contribution < -0.4 is 4.74 Å². The summed E-state index contributed by atoms with van der Waals surface area (Å²) in [4.78, 5) is 8.66. The van der Waals surface area contributed by atoms with E-state index in [0.29, 0.717) is 18.8 Å². The van der Waals surface area contributed by atoms with Crippen LogP contribution in [-0.2, 0) is 10.0 Å². The number of aromatic nitrogens is 2. The normalized spacial score (nSPS) is 19.4. The van der Waals surface area contributed by atoms with Gasteiger partial charge in [-0.05, 0) is 25.0 Å². The van der Waals surface area contributed by atoms with Crippen LogP contribution in [0.1, 0.15) is 24.5 Å². The fraction of sp³-hybridized carbons (Fsp3) is 0.375. The molecule has 1 aliphatic heterocycles. The number of sulfonamides is 1. The monoisotopic (exact) mass is 333 g/mol. The van der Waals surface area contributed by atoms with Crippen LogP contribution in [0.3, 0.4) is 0 Å². The fourth-order valence-corrected chi connectivity index (χ4v) is 4.39. The molecule has 2 heterocycles. The van der Waals surface area contributed by atoms with Gasteiger partial charge in [-0.1, -0.05) is 6.07 Å². The average molecular weight is 333 g/mol. The molecule has 23 heavy (non-hydrogen) atoms. The first-order chi connectivity index (χ1) is 11.1. The number of piperidine rings is 1. The number of hydrogen-bond donors (Lipinski definition) is 0. The molecule has 1 aromatic heterocycles. The predicted molar refractivity (Wildman–Crippen MR) is 85.8 cm³/mol. The Labute approximate surface area is 136 Å². The summed E-state index contributed by atoms with van der Waals surface area (Å²) >= 11 is 0. The third kappa shape index (κ3) is 3.35. The molecule has 0 N–H and O–H groups in total. The summed E-state index contributed by atoms with van der Waals surface area (Å²) in [6.45, 7) is 0.953. The van der Waals surface area contributed by atoms with E-state index < -0.39 is 10.0 Å². The van der Waals surface area contributed by atoms with E-state index in [1.54, 1.807) is 42.9 Å². The number of rotatable bonds is 4. The van der Waals surface area contributed by atoms with Crippen molar-refractivity contribution >= 4 is 10.0 Å². The smallest absolute Gasteiger partial charge is 0.243 e. The van der Waals surface area contributed by atoms with E-state index in [0.717, 1.165) is 18.5 Å². The van der Waals surface area contributed by atoms with E-state index in [1.807, 2.05) is 0 Å². The predicted octanol–water partition coefficient (Wildman–Crippen LogP) is 2.05. The highest BCUT2D eigenvalue weighted by atomic mass is 32.2. The molecule has 1 atom stereocenters. The Bertz CT molecular complexity index is 765. The largest absolute Gasteiger partial charge is 0.497 e. The molecule has 6 nitrogen and oxygen atoms in total. The Morgan fingerprint density at radius 3 is 2.91 bits per heavy atom. The minimum Gasteiger partial charge on any atom is -0.497 e. The topological polar surface area (TPSA) is 72.4 Å². The van der Waals surface area contributed by atoms with Gasteiger partial charge in [0.2, 0.25) is 10.0 Å². The van der Waals surface area contributed by atoms with Crippen molar-refractivity contribution in [3.05, 3.63) is 48.5 Å². The van der Waals surface area contributed by atoms with Crippen molar-refractivity contribution < 1.29 is 13.2 Å². The van der Waals surface area contributed by atoms with E-state index >= 15 is 0 Å². The molecule has 0 amide bonds. The van der Waals surface area contributed by atoms with Gasteiger partial charge in [0.05, 0.1) is 17.7 Å². The Morgan fingerprint density at radius 1 is 1.30 bits per heavy atom. The van der Waals surface area contributed by atoms with Crippen molar-refractivity contribution in [3.8, 4) is 5.75 Å². The minimum absolute atomic E-state index is 0.0813. The second-order valence-corrected chi connectivity index (χ2v) is 7.45. The lowest BCUT2D eigenvalue weighted by molar-refractivity contribution is 0.312. The average Bonchev–Trinajstić information content (AvgIpc) is 2.62. The summed E-state index contributed by atoms with van der Waals surface area (Å²) in [5, 5.41) is 0. The number of ether oxygens (including phenoxy) is 1. The molecule has 1 aliphatic rings. The molecule has 0 bridgehead atoms. The van der Waals surface area contributed by atoms with Crippen molar-refractivity contribution in [2.75, 3.05) is 20.2 Å². The zero-order chi connectivity index (χ0) is 16.3. The Kier molecular flexibility index (Phi) is 4.58. The van der Waals surface area contributed by atoms with Crippen LogP contribution in [0.15, 0.2) is 47.8 Å². The Morgan fingerprint density at radius 2 is 2.17 bits per heavy atom. The molecule has 122 valence electrons. The van der Waals surface area contributed by atoms with Crippen LogP contribution in [0, 0.1) is 0 Å². The molecule has 0 saturated carbocycles. The van der Waals surface area contributed by atoms with Gasteiger partial charge >= 0.3 is 0 Å². The van der Waals surface area contributed by atoms with Gasteiger partial charge in [0.1, 0.15) is 5.75 Å². The van der Waals surface area contributed by atoms with Crippen LogP contribution >= 0.6 is 0 Å². The van der Waals surface area contributed by atoms with Gasteiger partial charge in [-0.15, -0.1) is 0 Å². The van der Waals surface area contributed by atoms with Crippen LogP contribution in [0.2, 0.25) is 0 Å². The highest BCUT2D eigenvalue weighted by Gasteiger charge is 2.31. The second kappa shape index (κ2) is 6.64. The SMILES string of the molecule is COc1cccc(S(=O)(=O)N2CCC[C@@H](c3cnccn3)C2)c1. The van der Waals surface area contributed by atoms with Crippen molar-refractivity contribution in [2.24, 2.45) is 0 Å². The molecule has 0 radical (unpaired) electrons. The fourth-order valence-electron chi connectivity index (χ4n) is 2.83. The molecular formula is C16H19N3O3S. The van der Waals surface area contributed by atoms with Crippen LogP contribution in [0.25, 0.3) is 0 Å². The Balaban J connectivity index is 1.85. The first kappa shape index (κ1) is 15.9. The van der Waals surface area contributed by atoms with Crippen LogP contribution in [-0.4, -0.2) is 42.9 Å². The van der Waals surface area contributed by atoms with Gasteiger partial charge < -0.3 is 4.74 Å². The summed E-state index contributed by atoms with van der Waals surface area (Å²) < 4.78 is 32.4. The van der Waals surface area contributed by atoms with Gasteiger partial charge in [-0.25, -0.2) is 8.42 Å². The van der Waals surface area contributed by atoms with Gasteiger partial charge in [0, 0.05) is 43.7 Å². The lowest BCUT2D eigenvalue weighted by Crippen LogP contribution is -2.39. The summed E-state index contributed by atoms with van der Waals surface area (Å²) in [5.74, 6) is 0.617. The minimum atomic E-state index is -3.53. The summed E-state index contributed by atoms with van der Waals surface area (Å²) in [6.07, 6.45) is 6.71. The van der Waals surface area contributed by atoms with Crippen molar-refractivity contribution in [3.63, 3.8) is 0 Å². The van der Waals surface area contributed by atoms with E-state index in [1.165, 1.54) is 11.4 Å². The molecule has 3 rings (SSSR count). The van der Waals surface area contributed by atoms with Crippen molar-refractivity contribution in [1.29, 1.82) is 0 Å². The molecule has 1 fully saturated rings. The first-order valence-corrected chi connectivity index (χ1v) is 8.95. The van der Waals surface area contributed by atoms with E-state index in [-0.39, 0.29) is 10.8 Å². The molecule has 2 aromatic rings. The molecule has 1 saturated heterocycles. The molecular weight excluding hydrogens is 314 g/mol. The molecule has 7 heteroatoms. The number of nitrogens with zero attached hydrogens (tertiary/aromatic N) is 3. The highest BCUT2D eigenvalue weighted by molar-refractivity contribution is 7.89. The maximum absolute atomic E-state index is 12.9. The third-order valence-corrected chi connectivity index (χ3v) is 5.93. The van der Waals surface area contributed by atoms with E-state index in [4.69, 9.17) is 4.74 Å². The molecule has 0 aliphatic carbocycles. The van der Waals surface area contributed by atoms with Gasteiger partial charge in [0.25, 0.3) is 0 Å². The van der Waals surface area contributed by atoms with E-state index in [2.05, 4.69) is 9.97 Å². The van der Waals surface area contributed by atoms with E-state index in [9.17, 15) is 8.42 Å². The van der Waals surface area contributed by atoms with Crippen LogP contribution in [0.4, 0.5) is 0 Å². The van der Waals surface area contributed by atoms with Crippen molar-refractivity contribution in [2.45, 2.75) is 23.7 Å². The summed E-state index contributed by atoms with van der Waals surface area (Å²) in [5.41, 5.74) is 0.845.